The van der Waals surface area contributed by atoms with Crippen LogP contribution >= 0.6 is 0 Å². The third kappa shape index (κ3) is 6.48. The van der Waals surface area contributed by atoms with E-state index in [0.717, 1.165) is 19.3 Å². The normalized spacial score (nSPS) is 29.9. The van der Waals surface area contributed by atoms with Gasteiger partial charge in [0.15, 0.2) is 0 Å². The summed E-state index contributed by atoms with van der Waals surface area (Å²) in [6.45, 7) is 24.8. The molecular weight excluding hydrogens is 334 g/mol. The molecule has 5 unspecified atom stereocenters. The van der Waals surface area contributed by atoms with Gasteiger partial charge in [-0.15, -0.1) is 0 Å². The Morgan fingerprint density at radius 2 is 1.37 bits per heavy atom. The Hall–Kier alpha value is -0.570. The summed E-state index contributed by atoms with van der Waals surface area (Å²) in [5.74, 6) is 1.50. The third-order valence-electron chi connectivity index (χ3n) is 6.62. The van der Waals surface area contributed by atoms with Crippen molar-refractivity contribution in [2.75, 3.05) is 7.05 Å². The summed E-state index contributed by atoms with van der Waals surface area (Å²) in [5, 5.41) is 3.25. The van der Waals surface area contributed by atoms with Crippen LogP contribution in [0.2, 0.25) is 0 Å². The molecule has 1 saturated carbocycles. The minimum absolute atomic E-state index is 0.00116. The van der Waals surface area contributed by atoms with E-state index in [2.05, 4.69) is 74.6 Å². The number of esters is 1. The van der Waals surface area contributed by atoms with E-state index >= 15 is 0 Å². The first-order valence-electron chi connectivity index (χ1n) is 10.8. The third-order valence-corrected chi connectivity index (χ3v) is 6.62. The number of ether oxygens (including phenoxy) is 1. The maximum atomic E-state index is 13.2. The van der Waals surface area contributed by atoms with Gasteiger partial charge >= 0.3 is 5.97 Å². The second kappa shape index (κ2) is 8.05. The van der Waals surface area contributed by atoms with E-state index in [1.807, 2.05) is 14.0 Å². The smallest absolute Gasteiger partial charge is 0.326 e. The Balaban J connectivity index is 3.07. The van der Waals surface area contributed by atoms with Crippen LogP contribution in [0, 0.1) is 34.0 Å². The molecular formula is C24H47NO2. The average Bonchev–Trinajstić information content (AvgIpc) is 2.42. The fourth-order valence-electron chi connectivity index (χ4n) is 5.19. The molecule has 0 aliphatic heterocycles. The number of likely N-dealkylation sites (N-methyl/N-ethyl adjacent to an activating group) is 1. The van der Waals surface area contributed by atoms with Crippen LogP contribution in [0.3, 0.4) is 0 Å². The molecule has 0 aromatic heterocycles. The lowest BCUT2D eigenvalue weighted by molar-refractivity contribution is -0.170. The zero-order valence-corrected chi connectivity index (χ0v) is 20.2. The van der Waals surface area contributed by atoms with Gasteiger partial charge < -0.3 is 10.1 Å². The van der Waals surface area contributed by atoms with Crippen molar-refractivity contribution in [1.82, 2.24) is 5.32 Å². The van der Waals surface area contributed by atoms with Crippen LogP contribution in [0.15, 0.2) is 0 Å². The fraction of sp³-hybridized carbons (Fsp3) is 0.958. The van der Waals surface area contributed by atoms with Crippen LogP contribution in [0.25, 0.3) is 0 Å². The topological polar surface area (TPSA) is 38.3 Å². The van der Waals surface area contributed by atoms with E-state index in [0.29, 0.717) is 17.8 Å². The van der Waals surface area contributed by atoms with Gasteiger partial charge in [-0.05, 0) is 61.3 Å². The second-order valence-electron chi connectivity index (χ2n) is 12.7. The molecule has 1 aliphatic carbocycles. The minimum atomic E-state index is -0.648. The molecule has 1 N–H and O–H groups in total. The summed E-state index contributed by atoms with van der Waals surface area (Å²) in [7, 11) is 1.87. The minimum Gasteiger partial charge on any atom is -0.461 e. The van der Waals surface area contributed by atoms with Gasteiger partial charge in [-0.2, -0.15) is 0 Å². The summed E-state index contributed by atoms with van der Waals surface area (Å²) >= 11 is 0. The Labute approximate surface area is 169 Å². The van der Waals surface area contributed by atoms with Gasteiger partial charge in [0.25, 0.3) is 0 Å². The highest BCUT2D eigenvalue weighted by Gasteiger charge is 2.47. The molecule has 0 aromatic carbocycles. The molecule has 1 aliphatic rings. The molecule has 5 atom stereocenters. The van der Waals surface area contributed by atoms with Crippen LogP contribution in [-0.2, 0) is 9.53 Å². The van der Waals surface area contributed by atoms with Crippen LogP contribution in [-0.4, -0.2) is 24.7 Å². The molecule has 160 valence electrons. The molecule has 0 saturated heterocycles. The monoisotopic (exact) mass is 381 g/mol. The Kier molecular flexibility index (Phi) is 7.29. The van der Waals surface area contributed by atoms with E-state index in [4.69, 9.17) is 4.74 Å². The van der Waals surface area contributed by atoms with Crippen molar-refractivity contribution >= 4 is 5.97 Å². The number of hydrogen-bond donors (Lipinski definition) is 1. The molecule has 0 spiro atoms. The number of hydrogen-bond acceptors (Lipinski definition) is 3. The van der Waals surface area contributed by atoms with Crippen molar-refractivity contribution in [1.29, 1.82) is 0 Å². The standard InChI is InChI=1S/C24H47NO2/c1-16-13-19(18(23(8,9)10)14-17(16)22(5,6)7)27-20(26)24(11,25-12)15-21(2,3)4/h16-19,25H,13-15H2,1-12H3. The van der Waals surface area contributed by atoms with Crippen molar-refractivity contribution < 1.29 is 9.53 Å². The molecule has 3 heteroatoms. The van der Waals surface area contributed by atoms with Crippen molar-refractivity contribution in [3.63, 3.8) is 0 Å². The average molecular weight is 382 g/mol. The van der Waals surface area contributed by atoms with Crippen LogP contribution in [0.1, 0.15) is 95.4 Å². The molecule has 0 bridgehead atoms. The van der Waals surface area contributed by atoms with E-state index in [9.17, 15) is 4.79 Å². The maximum Gasteiger partial charge on any atom is 0.326 e. The zero-order valence-electron chi connectivity index (χ0n) is 20.2. The Bertz CT molecular complexity index is 506. The highest BCUT2D eigenvalue weighted by atomic mass is 16.5. The van der Waals surface area contributed by atoms with Gasteiger partial charge in [-0.1, -0.05) is 69.2 Å². The molecule has 0 amide bonds. The summed E-state index contributed by atoms with van der Waals surface area (Å²) in [6.07, 6.45) is 2.84. The van der Waals surface area contributed by atoms with Gasteiger partial charge in [0.05, 0.1) is 0 Å². The van der Waals surface area contributed by atoms with E-state index in [1.54, 1.807) is 0 Å². The number of nitrogens with one attached hydrogen (secondary N) is 1. The first-order chi connectivity index (χ1) is 11.9. The lowest BCUT2D eigenvalue weighted by Crippen LogP contribution is -2.54. The molecule has 3 nitrogen and oxygen atoms in total. The van der Waals surface area contributed by atoms with Gasteiger partial charge in [0, 0.05) is 5.92 Å². The Morgan fingerprint density at radius 3 is 1.74 bits per heavy atom. The quantitative estimate of drug-likeness (QED) is 0.601. The first kappa shape index (κ1) is 24.5. The van der Waals surface area contributed by atoms with Gasteiger partial charge in [0.1, 0.15) is 11.6 Å². The van der Waals surface area contributed by atoms with Gasteiger partial charge in [-0.3, -0.25) is 4.79 Å². The van der Waals surface area contributed by atoms with Crippen molar-refractivity contribution in [2.45, 2.75) is 107 Å². The number of carbonyl (C=O) groups is 1. The zero-order chi connectivity index (χ0) is 21.4. The molecule has 0 heterocycles. The lowest BCUT2D eigenvalue weighted by Gasteiger charge is -2.50. The fourth-order valence-corrected chi connectivity index (χ4v) is 5.19. The van der Waals surface area contributed by atoms with Crippen molar-refractivity contribution in [2.24, 2.45) is 34.0 Å². The van der Waals surface area contributed by atoms with E-state index in [1.165, 1.54) is 0 Å². The first-order valence-corrected chi connectivity index (χ1v) is 10.8. The summed E-state index contributed by atoms with van der Waals surface area (Å²) in [6, 6.07) is 0. The summed E-state index contributed by atoms with van der Waals surface area (Å²) in [4.78, 5) is 13.2. The molecule has 1 rings (SSSR count). The maximum absolute atomic E-state index is 13.2. The molecule has 27 heavy (non-hydrogen) atoms. The van der Waals surface area contributed by atoms with E-state index < -0.39 is 5.54 Å². The highest BCUT2D eigenvalue weighted by molar-refractivity contribution is 5.80. The highest BCUT2D eigenvalue weighted by Crippen LogP contribution is 2.50. The van der Waals surface area contributed by atoms with Crippen LogP contribution in [0.5, 0.6) is 0 Å². The molecule has 0 radical (unpaired) electrons. The summed E-state index contributed by atoms with van der Waals surface area (Å²) in [5.41, 5.74) is -0.194. The SMILES string of the molecule is CNC(C)(CC(C)(C)C)C(=O)OC1CC(C)C(C(C)(C)C)CC1C(C)(C)C. The molecule has 0 aromatic rings. The van der Waals surface area contributed by atoms with Crippen molar-refractivity contribution in [3.8, 4) is 0 Å². The predicted molar refractivity (Wildman–Crippen MR) is 116 cm³/mol. The van der Waals surface area contributed by atoms with Gasteiger partial charge in [-0.25, -0.2) is 0 Å². The number of rotatable bonds is 4. The van der Waals surface area contributed by atoms with Gasteiger partial charge in [0.2, 0.25) is 0 Å². The predicted octanol–water partition coefficient (Wildman–Crippen LogP) is 6.07. The van der Waals surface area contributed by atoms with E-state index in [-0.39, 0.29) is 28.3 Å². The van der Waals surface area contributed by atoms with Crippen LogP contribution in [0.4, 0.5) is 0 Å². The molecule has 1 fully saturated rings. The number of carbonyl (C=O) groups excluding carboxylic acids is 1. The Morgan fingerprint density at radius 1 is 0.889 bits per heavy atom. The van der Waals surface area contributed by atoms with Crippen molar-refractivity contribution in [3.05, 3.63) is 0 Å². The van der Waals surface area contributed by atoms with Crippen LogP contribution < -0.4 is 5.32 Å². The largest absolute Gasteiger partial charge is 0.461 e. The second-order valence-corrected chi connectivity index (χ2v) is 12.7. The summed E-state index contributed by atoms with van der Waals surface area (Å²) < 4.78 is 6.26. The lowest BCUT2D eigenvalue weighted by atomic mass is 9.58.